The summed E-state index contributed by atoms with van der Waals surface area (Å²) in [7, 11) is 0. The molecule has 1 aliphatic heterocycles. The van der Waals surface area contributed by atoms with E-state index in [1.165, 1.54) is 11.8 Å². The van der Waals surface area contributed by atoms with Gasteiger partial charge in [-0.2, -0.15) is 0 Å². The van der Waals surface area contributed by atoms with E-state index in [2.05, 4.69) is 10.3 Å². The first-order chi connectivity index (χ1) is 10.1. The summed E-state index contributed by atoms with van der Waals surface area (Å²) in [5, 5.41) is 5.60. The molecule has 1 N–H and O–H groups in total. The molecule has 5 nitrogen and oxygen atoms in total. The topological polar surface area (TPSA) is 64.0 Å². The molecule has 3 rings (SSSR count). The lowest BCUT2D eigenvalue weighted by Gasteiger charge is -2.13. The molecule has 21 heavy (non-hydrogen) atoms. The lowest BCUT2D eigenvalue weighted by Crippen LogP contribution is -2.31. The number of hydrogen-bond donors (Lipinski definition) is 1. The number of aromatic nitrogens is 2. The minimum absolute atomic E-state index is 0.0322. The first-order valence-corrected chi connectivity index (χ1v) is 8.51. The van der Waals surface area contributed by atoms with E-state index in [4.69, 9.17) is 0 Å². The van der Waals surface area contributed by atoms with Gasteiger partial charge in [-0.25, -0.2) is 4.98 Å². The Hall–Kier alpha value is -1.60. The third-order valence-electron chi connectivity index (χ3n) is 3.36. The Morgan fingerprint density at radius 3 is 3.19 bits per heavy atom. The van der Waals surface area contributed by atoms with Crippen molar-refractivity contribution in [2.45, 2.75) is 31.1 Å². The van der Waals surface area contributed by atoms with Crippen LogP contribution in [0.3, 0.4) is 0 Å². The number of thiophene rings is 1. The van der Waals surface area contributed by atoms with Crippen molar-refractivity contribution in [3.05, 3.63) is 44.5 Å². The van der Waals surface area contributed by atoms with Crippen molar-refractivity contribution < 1.29 is 4.79 Å². The van der Waals surface area contributed by atoms with Crippen LogP contribution in [0, 0.1) is 6.92 Å². The monoisotopic (exact) mass is 321 g/mol. The van der Waals surface area contributed by atoms with E-state index >= 15 is 0 Å². The fourth-order valence-electron chi connectivity index (χ4n) is 2.26. The van der Waals surface area contributed by atoms with Crippen molar-refractivity contribution in [1.29, 1.82) is 0 Å². The van der Waals surface area contributed by atoms with Crippen LogP contribution >= 0.6 is 23.1 Å². The molecule has 0 unspecified atom stereocenters. The molecule has 2 aromatic rings. The van der Waals surface area contributed by atoms with Gasteiger partial charge in [0.15, 0.2) is 5.16 Å². The van der Waals surface area contributed by atoms with Crippen LogP contribution in [0.4, 0.5) is 0 Å². The maximum Gasteiger partial charge on any atom is 0.257 e. The summed E-state index contributed by atoms with van der Waals surface area (Å²) in [5.74, 6) is 0.688. The molecule has 0 spiro atoms. The minimum Gasteiger partial charge on any atom is -0.351 e. The Balaban J connectivity index is 1.66. The summed E-state index contributed by atoms with van der Waals surface area (Å²) in [6.07, 6.45) is 1.91. The Morgan fingerprint density at radius 2 is 2.43 bits per heavy atom. The summed E-state index contributed by atoms with van der Waals surface area (Å²) in [5.41, 5.74) is 0.575. The fraction of sp³-hybridized carbons (Fsp3) is 0.357. The summed E-state index contributed by atoms with van der Waals surface area (Å²) in [6, 6.07) is 3.85. The zero-order valence-electron chi connectivity index (χ0n) is 11.5. The second-order valence-corrected chi connectivity index (χ2v) is 6.94. The number of thioether (sulfide) groups is 1. The number of hydrogen-bond acceptors (Lipinski definition) is 5. The lowest BCUT2D eigenvalue weighted by molar-refractivity contribution is -0.121. The van der Waals surface area contributed by atoms with Crippen LogP contribution < -0.4 is 10.9 Å². The van der Waals surface area contributed by atoms with E-state index in [1.807, 2.05) is 17.5 Å². The van der Waals surface area contributed by atoms with Crippen LogP contribution in [0.5, 0.6) is 0 Å². The average molecular weight is 321 g/mol. The molecule has 0 radical (unpaired) electrons. The van der Waals surface area contributed by atoms with Crippen LogP contribution in [-0.2, 0) is 11.3 Å². The van der Waals surface area contributed by atoms with Crippen LogP contribution in [0.1, 0.15) is 22.9 Å². The van der Waals surface area contributed by atoms with E-state index < -0.39 is 0 Å². The number of nitrogens with zero attached hydrogens (tertiary/aromatic N) is 2. The van der Waals surface area contributed by atoms with Gasteiger partial charge in [-0.15, -0.1) is 11.3 Å². The van der Waals surface area contributed by atoms with Crippen LogP contribution in [0.2, 0.25) is 0 Å². The van der Waals surface area contributed by atoms with Gasteiger partial charge in [-0.1, -0.05) is 17.8 Å². The van der Waals surface area contributed by atoms with Gasteiger partial charge in [0, 0.05) is 28.8 Å². The first kappa shape index (κ1) is 14.3. The van der Waals surface area contributed by atoms with Gasteiger partial charge in [0.05, 0.1) is 12.6 Å². The molecule has 3 heterocycles. The highest BCUT2D eigenvalue weighted by Gasteiger charge is 2.27. The Bertz CT molecular complexity index is 710. The molecule has 1 amide bonds. The van der Waals surface area contributed by atoms with Crippen LogP contribution in [0.25, 0.3) is 0 Å². The van der Waals surface area contributed by atoms with Crippen LogP contribution in [0.15, 0.2) is 33.7 Å². The molecule has 0 aromatic carbocycles. The van der Waals surface area contributed by atoms with Gasteiger partial charge < -0.3 is 5.32 Å². The van der Waals surface area contributed by atoms with Crippen LogP contribution in [-0.4, -0.2) is 21.2 Å². The van der Waals surface area contributed by atoms with Gasteiger partial charge in [0.1, 0.15) is 0 Å². The number of amides is 1. The van der Waals surface area contributed by atoms with Crippen molar-refractivity contribution in [1.82, 2.24) is 14.9 Å². The standard InChI is InChI=1S/C14H15N3O2S2/c1-9-6-16-14-17(13(9)19)10(8-21-14)5-12(18)15-7-11-3-2-4-20-11/h2-4,6,10H,5,7-8H2,1H3,(H,15,18)/t10-/m1/s1. The predicted octanol–water partition coefficient (Wildman–Crippen LogP) is 1.97. The Kier molecular flexibility index (Phi) is 4.12. The summed E-state index contributed by atoms with van der Waals surface area (Å²) in [4.78, 5) is 29.6. The van der Waals surface area contributed by atoms with Gasteiger partial charge in [-0.05, 0) is 18.4 Å². The Morgan fingerprint density at radius 1 is 1.57 bits per heavy atom. The number of nitrogens with one attached hydrogen (secondary N) is 1. The second kappa shape index (κ2) is 6.03. The highest BCUT2D eigenvalue weighted by Crippen LogP contribution is 2.31. The van der Waals surface area contributed by atoms with E-state index in [0.717, 1.165) is 10.6 Å². The molecular formula is C14H15N3O2S2. The molecule has 0 saturated heterocycles. The van der Waals surface area contributed by atoms with Crippen molar-refractivity contribution in [3.8, 4) is 0 Å². The molecule has 0 aliphatic carbocycles. The number of carbonyl (C=O) groups is 1. The third-order valence-corrected chi connectivity index (χ3v) is 5.35. The fourth-order valence-corrected chi connectivity index (χ4v) is 4.01. The number of aryl methyl sites for hydroxylation is 1. The summed E-state index contributed by atoms with van der Waals surface area (Å²) < 4.78 is 1.66. The van der Waals surface area contributed by atoms with E-state index in [9.17, 15) is 9.59 Å². The van der Waals surface area contributed by atoms with Gasteiger partial charge in [0.2, 0.25) is 5.91 Å². The third kappa shape index (κ3) is 3.03. The van der Waals surface area contributed by atoms with E-state index in [-0.39, 0.29) is 17.5 Å². The highest BCUT2D eigenvalue weighted by molar-refractivity contribution is 7.99. The maximum atomic E-state index is 12.2. The Labute approximate surface area is 130 Å². The first-order valence-electron chi connectivity index (χ1n) is 6.65. The van der Waals surface area contributed by atoms with Crippen molar-refractivity contribution in [2.24, 2.45) is 0 Å². The zero-order valence-corrected chi connectivity index (χ0v) is 13.2. The van der Waals surface area contributed by atoms with Crippen molar-refractivity contribution in [3.63, 3.8) is 0 Å². The highest BCUT2D eigenvalue weighted by atomic mass is 32.2. The molecule has 0 bridgehead atoms. The average Bonchev–Trinajstić information content (AvgIpc) is 3.11. The molecular weight excluding hydrogens is 306 g/mol. The molecule has 2 aromatic heterocycles. The van der Waals surface area contributed by atoms with E-state index in [0.29, 0.717) is 23.7 Å². The molecule has 110 valence electrons. The second-order valence-electron chi connectivity index (χ2n) is 4.92. The number of rotatable bonds is 4. The molecule has 0 fully saturated rings. The number of carbonyl (C=O) groups excluding carboxylic acids is 1. The SMILES string of the molecule is Cc1cnc2n(c1=O)[C@H](CC(=O)NCc1cccs1)CS2. The number of fused-ring (bicyclic) bond motifs is 1. The molecule has 0 saturated carbocycles. The van der Waals surface area contributed by atoms with E-state index in [1.54, 1.807) is 29.0 Å². The van der Waals surface area contributed by atoms with Crippen molar-refractivity contribution >= 4 is 29.0 Å². The molecule has 1 atom stereocenters. The van der Waals surface area contributed by atoms with Gasteiger partial charge in [0.25, 0.3) is 5.56 Å². The minimum atomic E-state index is -0.103. The smallest absolute Gasteiger partial charge is 0.257 e. The quantitative estimate of drug-likeness (QED) is 0.875. The predicted molar refractivity (Wildman–Crippen MR) is 83.8 cm³/mol. The summed E-state index contributed by atoms with van der Waals surface area (Å²) in [6.45, 7) is 2.30. The normalized spacial score (nSPS) is 16.7. The lowest BCUT2D eigenvalue weighted by atomic mass is 10.2. The largest absolute Gasteiger partial charge is 0.351 e. The van der Waals surface area contributed by atoms with Gasteiger partial charge in [-0.3, -0.25) is 14.2 Å². The molecule has 1 aliphatic rings. The molecule has 7 heteroatoms. The summed E-state index contributed by atoms with van der Waals surface area (Å²) >= 11 is 3.15. The van der Waals surface area contributed by atoms with Crippen molar-refractivity contribution in [2.75, 3.05) is 5.75 Å². The zero-order chi connectivity index (χ0) is 14.8. The van der Waals surface area contributed by atoms with Gasteiger partial charge >= 0.3 is 0 Å². The maximum absolute atomic E-state index is 12.2.